The average Bonchev–Trinajstić information content (AvgIpc) is 3.77. The summed E-state index contributed by atoms with van der Waals surface area (Å²) < 4.78 is 25.0. The molecule has 0 aromatic heterocycles. The van der Waals surface area contributed by atoms with Gasteiger partial charge in [-0.1, -0.05) is 30.3 Å². The summed E-state index contributed by atoms with van der Waals surface area (Å²) in [5.41, 5.74) is 7.28. The van der Waals surface area contributed by atoms with Crippen LogP contribution in [0.2, 0.25) is 0 Å². The van der Waals surface area contributed by atoms with E-state index in [0.29, 0.717) is 72.3 Å². The van der Waals surface area contributed by atoms with E-state index in [0.717, 1.165) is 34.0 Å². The fourth-order valence-corrected chi connectivity index (χ4v) is 5.08. The van der Waals surface area contributed by atoms with Gasteiger partial charge < -0.3 is 18.9 Å². The molecule has 5 heterocycles. The topological polar surface area (TPSA) is 86.4 Å². The van der Waals surface area contributed by atoms with Crippen LogP contribution < -0.4 is 0 Å². The Hall–Kier alpha value is -4.98. The molecule has 0 unspecified atom stereocenters. The lowest BCUT2D eigenvalue weighted by Crippen LogP contribution is -2.14. The van der Waals surface area contributed by atoms with Crippen LogP contribution >= 0.6 is 0 Å². The Bertz CT molecular complexity index is 1690. The third-order valence-electron chi connectivity index (χ3n) is 6.70. The van der Waals surface area contributed by atoms with Gasteiger partial charge in [-0.25, -0.2) is 20.0 Å². The Labute approximate surface area is 245 Å². The standard InChI is InChI=1S/C34H32N4O4/c1-5-39-31-27-20-25-17-15-23(36-25)18-22-14-16-24(35-22)19-26-28(21-12-10-9-11-13-21)32(40-6-2)29(37-26)33(41-7-3)30(38-27)34(31)42-8-4/h9-20H,5-8H2,1-4H3. The highest BCUT2D eigenvalue weighted by Gasteiger charge is 2.37. The van der Waals surface area contributed by atoms with E-state index in [9.17, 15) is 0 Å². The Morgan fingerprint density at radius 1 is 0.548 bits per heavy atom. The van der Waals surface area contributed by atoms with E-state index in [1.165, 1.54) is 0 Å². The van der Waals surface area contributed by atoms with Crippen molar-refractivity contribution in [3.63, 3.8) is 0 Å². The zero-order valence-electron chi connectivity index (χ0n) is 24.2. The zero-order valence-corrected chi connectivity index (χ0v) is 24.2. The number of aliphatic imine (C=N–C) groups is 4. The summed E-state index contributed by atoms with van der Waals surface area (Å²) in [5, 5.41) is 0. The van der Waals surface area contributed by atoms with Crippen LogP contribution in [0.1, 0.15) is 33.3 Å². The van der Waals surface area contributed by atoms with Crippen molar-refractivity contribution in [2.45, 2.75) is 27.7 Å². The van der Waals surface area contributed by atoms with Gasteiger partial charge in [0.05, 0.1) is 60.5 Å². The van der Waals surface area contributed by atoms with Crippen LogP contribution in [0, 0.1) is 0 Å². The second-order valence-electron chi connectivity index (χ2n) is 9.50. The molecule has 42 heavy (non-hydrogen) atoms. The molecule has 8 bridgehead atoms. The number of hydrogen-bond acceptors (Lipinski definition) is 8. The van der Waals surface area contributed by atoms with E-state index in [2.05, 4.69) is 0 Å². The number of hydrogen-bond donors (Lipinski definition) is 0. The number of ether oxygens (including phenoxy) is 4. The first kappa shape index (κ1) is 27.2. The highest BCUT2D eigenvalue weighted by molar-refractivity contribution is 6.23. The molecule has 5 aliphatic rings. The molecular weight excluding hydrogens is 528 g/mol. The summed E-state index contributed by atoms with van der Waals surface area (Å²) >= 11 is 0. The van der Waals surface area contributed by atoms with Crippen molar-refractivity contribution in [3.05, 3.63) is 124 Å². The van der Waals surface area contributed by atoms with Crippen molar-refractivity contribution in [2.24, 2.45) is 20.0 Å². The summed E-state index contributed by atoms with van der Waals surface area (Å²) in [7, 11) is 0. The van der Waals surface area contributed by atoms with Gasteiger partial charge in [-0.2, -0.15) is 0 Å². The third kappa shape index (κ3) is 5.11. The largest absolute Gasteiger partial charge is 0.491 e. The van der Waals surface area contributed by atoms with Gasteiger partial charge in [0.1, 0.15) is 5.71 Å². The predicted molar refractivity (Wildman–Crippen MR) is 166 cm³/mol. The van der Waals surface area contributed by atoms with Crippen molar-refractivity contribution in [3.8, 4) is 0 Å². The molecule has 6 rings (SSSR count). The summed E-state index contributed by atoms with van der Waals surface area (Å²) in [4.78, 5) is 19.8. The molecule has 8 heteroatoms. The van der Waals surface area contributed by atoms with Crippen LogP contribution in [-0.4, -0.2) is 49.3 Å². The van der Waals surface area contributed by atoms with Crippen molar-refractivity contribution in [1.82, 2.24) is 0 Å². The molecule has 1 aromatic carbocycles. The number of rotatable bonds is 9. The molecule has 8 nitrogen and oxygen atoms in total. The van der Waals surface area contributed by atoms with E-state index in [-0.39, 0.29) is 0 Å². The SMILES string of the molecule is CCOC1=C2N=C(C=C3C=CC(=N3)C=C3C=CC(=N3)C=C3N=C1C(OCC)=C3c1ccccc1)C(OCC)=C2OCC. The van der Waals surface area contributed by atoms with E-state index in [1.54, 1.807) is 0 Å². The number of allylic oxidation sites excluding steroid dienone is 8. The lowest BCUT2D eigenvalue weighted by atomic mass is 10.0. The van der Waals surface area contributed by atoms with E-state index >= 15 is 0 Å². The molecule has 5 aliphatic heterocycles. The van der Waals surface area contributed by atoms with E-state index in [1.807, 2.05) is 101 Å². The molecule has 212 valence electrons. The Morgan fingerprint density at radius 3 is 1.83 bits per heavy atom. The molecule has 0 fully saturated rings. The highest BCUT2D eigenvalue weighted by Crippen LogP contribution is 2.40. The molecule has 0 radical (unpaired) electrons. The highest BCUT2D eigenvalue weighted by atomic mass is 16.5. The van der Waals surface area contributed by atoms with E-state index < -0.39 is 0 Å². The summed E-state index contributed by atoms with van der Waals surface area (Å²) in [6, 6.07) is 10.1. The molecule has 0 aliphatic carbocycles. The molecule has 1 aromatic rings. The van der Waals surface area contributed by atoms with Crippen LogP contribution in [0.25, 0.3) is 5.57 Å². The van der Waals surface area contributed by atoms with Gasteiger partial charge in [-0.3, -0.25) is 0 Å². The first-order chi connectivity index (χ1) is 20.6. The van der Waals surface area contributed by atoms with Crippen molar-refractivity contribution >= 4 is 28.4 Å². The monoisotopic (exact) mass is 560 g/mol. The zero-order chi connectivity index (χ0) is 29.1. The van der Waals surface area contributed by atoms with Crippen molar-refractivity contribution < 1.29 is 18.9 Å². The maximum atomic E-state index is 6.35. The Balaban J connectivity index is 1.68. The second kappa shape index (κ2) is 11.9. The maximum Gasteiger partial charge on any atom is 0.193 e. The van der Waals surface area contributed by atoms with Gasteiger partial charge >= 0.3 is 0 Å². The van der Waals surface area contributed by atoms with Crippen LogP contribution in [-0.2, 0) is 18.9 Å². The number of nitrogens with zero attached hydrogens (tertiary/aromatic N) is 4. The van der Waals surface area contributed by atoms with Crippen LogP contribution in [0.5, 0.6) is 0 Å². The predicted octanol–water partition coefficient (Wildman–Crippen LogP) is 6.56. The smallest absolute Gasteiger partial charge is 0.193 e. The van der Waals surface area contributed by atoms with Gasteiger partial charge in [0, 0.05) is 0 Å². The minimum Gasteiger partial charge on any atom is -0.491 e. The Morgan fingerprint density at radius 2 is 1.14 bits per heavy atom. The molecule has 0 spiro atoms. The normalized spacial score (nSPS) is 18.9. The summed E-state index contributed by atoms with van der Waals surface area (Å²) in [6.07, 6.45) is 13.7. The first-order valence-electron chi connectivity index (χ1n) is 14.3. The van der Waals surface area contributed by atoms with Crippen LogP contribution in [0.15, 0.2) is 139 Å². The number of fused-ring (bicyclic) bond motifs is 4. The first-order valence-corrected chi connectivity index (χ1v) is 14.3. The van der Waals surface area contributed by atoms with Crippen LogP contribution in [0.3, 0.4) is 0 Å². The van der Waals surface area contributed by atoms with E-state index in [4.69, 9.17) is 38.9 Å². The lowest BCUT2D eigenvalue weighted by Gasteiger charge is -2.16. The third-order valence-corrected chi connectivity index (χ3v) is 6.70. The van der Waals surface area contributed by atoms with Crippen molar-refractivity contribution in [2.75, 3.05) is 26.4 Å². The maximum absolute atomic E-state index is 6.35. The molecule has 0 saturated heterocycles. The Kier molecular flexibility index (Phi) is 7.68. The minimum atomic E-state index is 0.381. The van der Waals surface area contributed by atoms with Gasteiger partial charge in [-0.05, 0) is 75.8 Å². The molecule has 0 N–H and O–H groups in total. The lowest BCUT2D eigenvalue weighted by molar-refractivity contribution is 0.184. The van der Waals surface area contributed by atoms with Gasteiger partial charge in [-0.15, -0.1) is 0 Å². The second-order valence-corrected chi connectivity index (χ2v) is 9.50. The van der Waals surface area contributed by atoms with Crippen molar-refractivity contribution in [1.29, 1.82) is 0 Å². The van der Waals surface area contributed by atoms with Gasteiger partial charge in [0.2, 0.25) is 0 Å². The quantitative estimate of drug-likeness (QED) is 0.342. The fraction of sp³-hybridized carbons (Fsp3) is 0.235. The molecule has 0 atom stereocenters. The molecule has 0 amide bonds. The van der Waals surface area contributed by atoms with Crippen LogP contribution in [0.4, 0.5) is 0 Å². The van der Waals surface area contributed by atoms with Gasteiger partial charge in [0.15, 0.2) is 34.4 Å². The molecule has 0 saturated carbocycles. The summed E-state index contributed by atoms with van der Waals surface area (Å²) in [5.74, 6) is 2.09. The summed E-state index contributed by atoms with van der Waals surface area (Å²) in [6.45, 7) is 9.42. The molecular formula is C34H32N4O4. The average molecular weight is 561 g/mol. The fourth-order valence-electron chi connectivity index (χ4n) is 5.08. The van der Waals surface area contributed by atoms with Gasteiger partial charge in [0.25, 0.3) is 0 Å². The minimum absolute atomic E-state index is 0.381. The number of benzene rings is 1.